The molecule has 140 valence electrons. The second-order valence-electron chi connectivity index (χ2n) is 6.40. The van der Waals surface area contributed by atoms with Crippen molar-refractivity contribution in [1.29, 1.82) is 0 Å². The molecular formula is C21H23N3O2S. The van der Waals surface area contributed by atoms with Gasteiger partial charge in [0, 0.05) is 12.1 Å². The summed E-state index contributed by atoms with van der Waals surface area (Å²) in [5.41, 5.74) is 3.75. The summed E-state index contributed by atoms with van der Waals surface area (Å²) in [7, 11) is 0. The van der Waals surface area contributed by atoms with Gasteiger partial charge in [0.15, 0.2) is 5.13 Å². The first-order valence-corrected chi connectivity index (χ1v) is 9.97. The SMILES string of the molecule is CCCC(=O)Nc1nc2ccc(CC(=O)Nc3cccc(CC)c3)cc2s1. The minimum absolute atomic E-state index is 0.0227. The number of benzene rings is 2. The largest absolute Gasteiger partial charge is 0.326 e. The molecule has 1 heterocycles. The third-order valence-electron chi connectivity index (χ3n) is 4.16. The third kappa shape index (κ3) is 5.14. The van der Waals surface area contributed by atoms with Gasteiger partial charge in [-0.3, -0.25) is 9.59 Å². The van der Waals surface area contributed by atoms with E-state index < -0.39 is 0 Å². The monoisotopic (exact) mass is 381 g/mol. The lowest BCUT2D eigenvalue weighted by atomic mass is 10.1. The highest BCUT2D eigenvalue weighted by molar-refractivity contribution is 7.22. The van der Waals surface area contributed by atoms with Crippen LogP contribution in [0.25, 0.3) is 10.2 Å². The Kier molecular flexibility index (Phi) is 6.19. The minimum Gasteiger partial charge on any atom is -0.326 e. The Labute approximate surface area is 162 Å². The number of nitrogens with zero attached hydrogens (tertiary/aromatic N) is 1. The maximum absolute atomic E-state index is 12.4. The highest BCUT2D eigenvalue weighted by atomic mass is 32.1. The Hall–Kier alpha value is -2.73. The summed E-state index contributed by atoms with van der Waals surface area (Å²) in [6.07, 6.45) is 2.52. The van der Waals surface area contributed by atoms with Crippen LogP contribution < -0.4 is 10.6 Å². The summed E-state index contributed by atoms with van der Waals surface area (Å²) >= 11 is 1.43. The normalized spacial score (nSPS) is 10.7. The van der Waals surface area contributed by atoms with Crippen LogP contribution in [-0.2, 0) is 22.4 Å². The summed E-state index contributed by atoms with van der Waals surface area (Å²) in [5, 5.41) is 6.37. The van der Waals surface area contributed by atoms with Gasteiger partial charge in [0.2, 0.25) is 11.8 Å². The topological polar surface area (TPSA) is 71.1 Å². The number of nitrogens with one attached hydrogen (secondary N) is 2. The molecule has 0 atom stereocenters. The van der Waals surface area contributed by atoms with E-state index in [1.165, 1.54) is 16.9 Å². The molecule has 0 saturated heterocycles. The molecule has 0 fully saturated rings. The fraction of sp³-hybridized carbons (Fsp3) is 0.286. The van der Waals surface area contributed by atoms with Crippen molar-refractivity contribution in [2.24, 2.45) is 0 Å². The molecule has 0 unspecified atom stereocenters. The molecule has 0 aliphatic rings. The highest BCUT2D eigenvalue weighted by Gasteiger charge is 2.10. The summed E-state index contributed by atoms with van der Waals surface area (Å²) in [5.74, 6) is -0.0749. The summed E-state index contributed by atoms with van der Waals surface area (Å²) in [6, 6.07) is 13.6. The van der Waals surface area contributed by atoms with Crippen LogP contribution in [0.1, 0.15) is 37.8 Å². The molecule has 0 aliphatic carbocycles. The second-order valence-corrected chi connectivity index (χ2v) is 7.43. The molecule has 1 aromatic heterocycles. The number of aromatic nitrogens is 1. The molecule has 6 heteroatoms. The van der Waals surface area contributed by atoms with Crippen LogP contribution in [0.4, 0.5) is 10.8 Å². The van der Waals surface area contributed by atoms with Crippen molar-refractivity contribution in [3.63, 3.8) is 0 Å². The van der Waals surface area contributed by atoms with E-state index in [4.69, 9.17) is 0 Å². The number of hydrogen-bond acceptors (Lipinski definition) is 4. The molecule has 0 radical (unpaired) electrons. The number of rotatable bonds is 7. The zero-order valence-electron chi connectivity index (χ0n) is 15.5. The van der Waals surface area contributed by atoms with Crippen molar-refractivity contribution in [3.05, 3.63) is 53.6 Å². The van der Waals surface area contributed by atoms with E-state index in [2.05, 4.69) is 22.5 Å². The van der Waals surface area contributed by atoms with E-state index in [0.717, 1.165) is 34.3 Å². The van der Waals surface area contributed by atoms with Gasteiger partial charge in [-0.2, -0.15) is 0 Å². The lowest BCUT2D eigenvalue weighted by Crippen LogP contribution is -2.14. The number of amides is 2. The Balaban J connectivity index is 1.67. The van der Waals surface area contributed by atoms with E-state index in [-0.39, 0.29) is 11.8 Å². The van der Waals surface area contributed by atoms with Gasteiger partial charge in [-0.25, -0.2) is 4.98 Å². The van der Waals surface area contributed by atoms with Crippen molar-refractivity contribution >= 4 is 44.2 Å². The van der Waals surface area contributed by atoms with Crippen molar-refractivity contribution in [3.8, 4) is 0 Å². The molecule has 0 saturated carbocycles. The molecular weight excluding hydrogens is 358 g/mol. The van der Waals surface area contributed by atoms with Crippen molar-refractivity contribution in [1.82, 2.24) is 4.98 Å². The van der Waals surface area contributed by atoms with Gasteiger partial charge in [0.25, 0.3) is 0 Å². The molecule has 3 aromatic rings. The van der Waals surface area contributed by atoms with Gasteiger partial charge >= 0.3 is 0 Å². The molecule has 3 rings (SSSR count). The number of thiazole rings is 1. The van der Waals surface area contributed by atoms with E-state index in [1.807, 2.05) is 49.4 Å². The summed E-state index contributed by atoms with van der Waals surface area (Å²) in [4.78, 5) is 28.5. The Morgan fingerprint density at radius 2 is 1.85 bits per heavy atom. The zero-order valence-corrected chi connectivity index (χ0v) is 16.4. The van der Waals surface area contributed by atoms with Crippen LogP contribution in [0.5, 0.6) is 0 Å². The van der Waals surface area contributed by atoms with Crippen LogP contribution in [-0.4, -0.2) is 16.8 Å². The predicted molar refractivity (Wildman–Crippen MR) is 111 cm³/mol. The van der Waals surface area contributed by atoms with Crippen LogP contribution in [0.15, 0.2) is 42.5 Å². The van der Waals surface area contributed by atoms with E-state index in [0.29, 0.717) is 18.0 Å². The minimum atomic E-state index is -0.0522. The number of aryl methyl sites for hydroxylation is 1. The van der Waals surface area contributed by atoms with Gasteiger partial charge in [0.1, 0.15) is 0 Å². The molecule has 2 aromatic carbocycles. The molecule has 2 amide bonds. The highest BCUT2D eigenvalue weighted by Crippen LogP contribution is 2.27. The third-order valence-corrected chi connectivity index (χ3v) is 5.09. The van der Waals surface area contributed by atoms with Crippen LogP contribution in [0.2, 0.25) is 0 Å². The molecule has 2 N–H and O–H groups in total. The number of carbonyl (C=O) groups is 2. The average Bonchev–Trinajstić information content (AvgIpc) is 3.03. The maximum atomic E-state index is 12.4. The Morgan fingerprint density at radius 1 is 1.00 bits per heavy atom. The number of hydrogen-bond donors (Lipinski definition) is 2. The fourth-order valence-corrected chi connectivity index (χ4v) is 3.75. The first kappa shape index (κ1) is 19.0. The van der Waals surface area contributed by atoms with Gasteiger partial charge in [-0.1, -0.05) is 43.4 Å². The Morgan fingerprint density at radius 3 is 2.63 bits per heavy atom. The lowest BCUT2D eigenvalue weighted by Gasteiger charge is -2.07. The summed E-state index contributed by atoms with van der Waals surface area (Å²) in [6.45, 7) is 4.05. The fourth-order valence-electron chi connectivity index (χ4n) is 2.80. The lowest BCUT2D eigenvalue weighted by molar-refractivity contribution is -0.116. The second kappa shape index (κ2) is 8.77. The average molecular weight is 382 g/mol. The van der Waals surface area contributed by atoms with E-state index in [9.17, 15) is 9.59 Å². The van der Waals surface area contributed by atoms with Gasteiger partial charge < -0.3 is 10.6 Å². The summed E-state index contributed by atoms with van der Waals surface area (Å²) < 4.78 is 0.958. The van der Waals surface area contributed by atoms with Crippen molar-refractivity contribution < 1.29 is 9.59 Å². The first-order valence-electron chi connectivity index (χ1n) is 9.15. The standard InChI is InChI=1S/C21H23N3O2S/c1-3-6-19(25)24-21-23-17-10-9-15(12-18(17)27-21)13-20(26)22-16-8-5-7-14(4-2)11-16/h5,7-12H,3-4,6,13H2,1-2H3,(H,22,26)(H,23,24,25). The molecule has 0 aliphatic heterocycles. The Bertz CT molecular complexity index is 965. The van der Waals surface area contributed by atoms with Crippen LogP contribution in [0, 0.1) is 0 Å². The van der Waals surface area contributed by atoms with Gasteiger partial charge in [-0.05, 0) is 48.2 Å². The number of fused-ring (bicyclic) bond motifs is 1. The number of carbonyl (C=O) groups excluding carboxylic acids is 2. The van der Waals surface area contributed by atoms with Gasteiger partial charge in [0.05, 0.1) is 16.6 Å². The van der Waals surface area contributed by atoms with Crippen LogP contribution in [0.3, 0.4) is 0 Å². The zero-order chi connectivity index (χ0) is 19.2. The molecule has 27 heavy (non-hydrogen) atoms. The molecule has 5 nitrogen and oxygen atoms in total. The smallest absolute Gasteiger partial charge is 0.228 e. The van der Waals surface area contributed by atoms with E-state index >= 15 is 0 Å². The van der Waals surface area contributed by atoms with Crippen molar-refractivity contribution in [2.45, 2.75) is 39.5 Å². The van der Waals surface area contributed by atoms with Crippen LogP contribution >= 0.6 is 11.3 Å². The van der Waals surface area contributed by atoms with Gasteiger partial charge in [-0.15, -0.1) is 0 Å². The molecule has 0 bridgehead atoms. The van der Waals surface area contributed by atoms with Crippen molar-refractivity contribution in [2.75, 3.05) is 10.6 Å². The number of anilines is 2. The first-order chi connectivity index (χ1) is 13.1. The maximum Gasteiger partial charge on any atom is 0.228 e. The van der Waals surface area contributed by atoms with E-state index in [1.54, 1.807) is 0 Å². The molecule has 0 spiro atoms. The quantitative estimate of drug-likeness (QED) is 0.619. The predicted octanol–water partition coefficient (Wildman–Crippen LogP) is 4.78.